The molecule has 0 aliphatic carbocycles. The first-order chi connectivity index (χ1) is 14.8. The lowest BCUT2D eigenvalue weighted by molar-refractivity contribution is -0.137. The zero-order chi connectivity index (χ0) is 22.0. The molecule has 2 saturated heterocycles. The molecule has 2 aliphatic heterocycles. The zero-order valence-electron chi connectivity index (χ0n) is 16.7. The van der Waals surface area contributed by atoms with Gasteiger partial charge in [-0.15, -0.1) is 11.3 Å². The number of piperazine rings is 1. The minimum atomic E-state index is -4.36. The van der Waals surface area contributed by atoms with E-state index in [1.54, 1.807) is 18.2 Å². The predicted molar refractivity (Wildman–Crippen MR) is 111 cm³/mol. The molecule has 1 amide bonds. The van der Waals surface area contributed by atoms with Gasteiger partial charge >= 0.3 is 6.18 Å². The smallest absolute Gasteiger partial charge is 0.388 e. The van der Waals surface area contributed by atoms with Crippen molar-refractivity contribution in [3.05, 3.63) is 52.2 Å². The van der Waals surface area contributed by atoms with Crippen molar-refractivity contribution in [2.45, 2.75) is 24.4 Å². The van der Waals surface area contributed by atoms with Gasteiger partial charge in [0, 0.05) is 38.4 Å². The van der Waals surface area contributed by atoms with Gasteiger partial charge in [-0.25, -0.2) is 0 Å². The van der Waals surface area contributed by atoms with Gasteiger partial charge in [0.2, 0.25) is 0 Å². The highest BCUT2D eigenvalue weighted by molar-refractivity contribution is 7.12. The molecule has 0 unspecified atom stereocenters. The van der Waals surface area contributed by atoms with Crippen LogP contribution in [-0.2, 0) is 10.9 Å². The van der Waals surface area contributed by atoms with Crippen LogP contribution in [-0.4, -0.2) is 73.5 Å². The number of rotatable bonds is 5. The van der Waals surface area contributed by atoms with E-state index in [1.165, 1.54) is 23.5 Å². The second kappa shape index (κ2) is 9.15. The topological polar surface area (TPSA) is 65.0 Å². The van der Waals surface area contributed by atoms with Gasteiger partial charge in [-0.05, 0) is 29.6 Å². The van der Waals surface area contributed by atoms with E-state index in [0.717, 1.165) is 6.07 Å². The van der Waals surface area contributed by atoms with Gasteiger partial charge in [-0.2, -0.15) is 13.2 Å². The maximum absolute atomic E-state index is 13.0. The van der Waals surface area contributed by atoms with Gasteiger partial charge < -0.3 is 20.1 Å². The van der Waals surface area contributed by atoms with Gasteiger partial charge in [-0.3, -0.25) is 9.69 Å². The lowest BCUT2D eigenvalue weighted by Gasteiger charge is -2.37. The van der Waals surface area contributed by atoms with Gasteiger partial charge in [0.05, 0.1) is 29.2 Å². The Bertz CT molecular complexity index is 885. The van der Waals surface area contributed by atoms with E-state index in [1.807, 2.05) is 10.3 Å². The molecule has 10 heteroatoms. The number of aliphatic hydroxyl groups excluding tert-OH is 1. The number of hydrogen-bond acceptors (Lipinski definition) is 6. The largest absolute Gasteiger partial charge is 0.416 e. The van der Waals surface area contributed by atoms with Crippen LogP contribution in [0.15, 0.2) is 41.8 Å². The Balaban J connectivity index is 1.27. The summed E-state index contributed by atoms with van der Waals surface area (Å²) in [5.41, 5.74) is -0.0893. The number of amides is 1. The molecule has 2 aliphatic rings. The van der Waals surface area contributed by atoms with Gasteiger partial charge in [-0.1, -0.05) is 12.1 Å². The molecule has 2 N–H and O–H groups in total. The number of nitrogens with zero attached hydrogens (tertiary/aromatic N) is 2. The summed E-state index contributed by atoms with van der Waals surface area (Å²) < 4.78 is 44.6. The van der Waals surface area contributed by atoms with Crippen LogP contribution in [0.3, 0.4) is 0 Å². The summed E-state index contributed by atoms with van der Waals surface area (Å²) in [4.78, 5) is 16.9. The second-order valence-corrected chi connectivity index (χ2v) is 8.70. The predicted octanol–water partition coefficient (Wildman–Crippen LogP) is 2.45. The third-order valence-corrected chi connectivity index (χ3v) is 6.56. The number of halogens is 3. The molecule has 168 valence electrons. The van der Waals surface area contributed by atoms with Crippen LogP contribution in [0.25, 0.3) is 0 Å². The van der Waals surface area contributed by atoms with E-state index in [4.69, 9.17) is 4.74 Å². The Labute approximate surface area is 182 Å². The summed E-state index contributed by atoms with van der Waals surface area (Å²) in [6.07, 6.45) is -5.59. The van der Waals surface area contributed by atoms with E-state index in [9.17, 15) is 23.1 Å². The molecule has 0 saturated carbocycles. The fraction of sp³-hybridized carbons (Fsp3) is 0.476. The third kappa shape index (κ3) is 5.20. The Hall–Kier alpha value is -2.14. The first kappa shape index (κ1) is 22.1. The molecule has 2 aromatic rings. The van der Waals surface area contributed by atoms with Crippen LogP contribution >= 0.6 is 11.3 Å². The molecule has 1 aromatic heterocycles. The van der Waals surface area contributed by atoms with Crippen LogP contribution in [0.1, 0.15) is 15.2 Å². The molecule has 6 nitrogen and oxygen atoms in total. The van der Waals surface area contributed by atoms with Crippen molar-refractivity contribution in [2.24, 2.45) is 0 Å². The first-order valence-corrected chi connectivity index (χ1v) is 11.0. The number of hydrogen-bond donors (Lipinski definition) is 2. The number of alkyl halides is 3. The highest BCUT2D eigenvalue weighted by atomic mass is 32.1. The Morgan fingerprint density at radius 1 is 1.19 bits per heavy atom. The molecular formula is C21H24F3N3O3S. The normalized spacial score (nSPS) is 25.0. The molecule has 31 heavy (non-hydrogen) atoms. The standard InChI is InChI=1S/C21H24F3N3O3S/c22-21(23,24)14-3-1-4-15(11-14)27-8-6-26(7-9-27)12-17-19(28)16(13-30-17)25-20(29)18-5-2-10-31-18/h1-5,10-11,16-17,19,28H,6-9,12-13H2,(H,25,29)/t16-,17-,19+/m0/s1. The summed E-state index contributed by atoms with van der Waals surface area (Å²) in [5.74, 6) is -0.224. The third-order valence-electron chi connectivity index (χ3n) is 5.69. The molecule has 0 bridgehead atoms. The maximum atomic E-state index is 13.0. The lowest BCUT2D eigenvalue weighted by atomic mass is 10.1. The van der Waals surface area contributed by atoms with Crippen LogP contribution in [0.2, 0.25) is 0 Å². The molecule has 1 aromatic carbocycles. The zero-order valence-corrected chi connectivity index (χ0v) is 17.5. The fourth-order valence-electron chi connectivity index (χ4n) is 3.94. The minimum Gasteiger partial charge on any atom is -0.388 e. The fourth-order valence-corrected chi connectivity index (χ4v) is 4.57. The van der Waals surface area contributed by atoms with E-state index in [2.05, 4.69) is 10.2 Å². The van der Waals surface area contributed by atoms with E-state index in [0.29, 0.717) is 43.3 Å². The molecular weight excluding hydrogens is 431 g/mol. The van der Waals surface area contributed by atoms with Gasteiger partial charge in [0.15, 0.2) is 0 Å². The maximum Gasteiger partial charge on any atom is 0.416 e. The number of nitrogens with one attached hydrogen (secondary N) is 1. The van der Waals surface area contributed by atoms with Crippen molar-refractivity contribution >= 4 is 22.9 Å². The summed E-state index contributed by atoms with van der Waals surface area (Å²) in [6, 6.07) is 8.43. The molecule has 0 spiro atoms. The molecule has 3 atom stereocenters. The van der Waals surface area contributed by atoms with Crippen LogP contribution in [0, 0.1) is 0 Å². The molecule has 3 heterocycles. The Morgan fingerprint density at radius 3 is 2.65 bits per heavy atom. The Morgan fingerprint density at radius 2 is 1.97 bits per heavy atom. The summed E-state index contributed by atoms with van der Waals surface area (Å²) >= 11 is 1.34. The van der Waals surface area contributed by atoms with Crippen molar-refractivity contribution < 1.29 is 27.8 Å². The Kier molecular flexibility index (Phi) is 6.52. The van der Waals surface area contributed by atoms with Gasteiger partial charge in [0.1, 0.15) is 6.10 Å². The summed E-state index contributed by atoms with van der Waals surface area (Å²) in [6.45, 7) is 3.21. The minimum absolute atomic E-state index is 0.224. The lowest BCUT2D eigenvalue weighted by Crippen LogP contribution is -2.51. The monoisotopic (exact) mass is 455 g/mol. The number of carbonyl (C=O) groups is 1. The van der Waals surface area contributed by atoms with Crippen LogP contribution < -0.4 is 10.2 Å². The SMILES string of the molecule is O=C(N[C@H]1CO[C@@H](CN2CCN(c3cccc(C(F)(F)F)c3)CC2)[C@@H]1O)c1cccs1. The van der Waals surface area contributed by atoms with Crippen molar-refractivity contribution in [1.29, 1.82) is 0 Å². The average molecular weight is 456 g/mol. The first-order valence-electron chi connectivity index (χ1n) is 10.1. The van der Waals surface area contributed by atoms with Crippen molar-refractivity contribution in [3.8, 4) is 0 Å². The van der Waals surface area contributed by atoms with E-state index >= 15 is 0 Å². The average Bonchev–Trinajstić information content (AvgIpc) is 3.40. The molecule has 2 fully saturated rings. The van der Waals surface area contributed by atoms with E-state index in [-0.39, 0.29) is 12.5 Å². The number of carbonyl (C=O) groups excluding carboxylic acids is 1. The van der Waals surface area contributed by atoms with Crippen molar-refractivity contribution in [3.63, 3.8) is 0 Å². The number of aliphatic hydroxyl groups is 1. The number of thiophene rings is 1. The van der Waals surface area contributed by atoms with Crippen molar-refractivity contribution in [2.75, 3.05) is 44.2 Å². The number of ether oxygens (including phenoxy) is 1. The van der Waals surface area contributed by atoms with Crippen LogP contribution in [0.4, 0.5) is 18.9 Å². The molecule has 4 rings (SSSR count). The quantitative estimate of drug-likeness (QED) is 0.725. The highest BCUT2D eigenvalue weighted by Gasteiger charge is 2.38. The molecule has 0 radical (unpaired) electrons. The second-order valence-electron chi connectivity index (χ2n) is 7.76. The van der Waals surface area contributed by atoms with Crippen molar-refractivity contribution in [1.82, 2.24) is 10.2 Å². The van der Waals surface area contributed by atoms with E-state index < -0.39 is 30.0 Å². The summed E-state index contributed by atoms with van der Waals surface area (Å²) in [7, 11) is 0. The summed E-state index contributed by atoms with van der Waals surface area (Å²) in [5, 5.41) is 15.2. The number of anilines is 1. The highest BCUT2D eigenvalue weighted by Crippen LogP contribution is 2.32. The number of benzene rings is 1. The van der Waals surface area contributed by atoms with Crippen LogP contribution in [0.5, 0.6) is 0 Å². The van der Waals surface area contributed by atoms with Gasteiger partial charge in [0.25, 0.3) is 5.91 Å².